The Kier molecular flexibility index (Phi) is 3.77. The van der Waals surface area contributed by atoms with Crippen LogP contribution in [0.5, 0.6) is 11.8 Å². The largest absolute Gasteiger partial charge is 0.481 e. The monoisotopic (exact) mass is 193 g/mol. The molecule has 1 rings (SSSR count). The molecule has 0 fully saturated rings. The van der Waals surface area contributed by atoms with Crippen molar-refractivity contribution in [2.24, 2.45) is 0 Å². The summed E-state index contributed by atoms with van der Waals surface area (Å²) in [5.41, 5.74) is 0.627. The highest BCUT2D eigenvalue weighted by atomic mass is 16.5. The van der Waals surface area contributed by atoms with Gasteiger partial charge in [-0.05, 0) is 6.07 Å². The molecule has 0 aromatic carbocycles. The van der Waals surface area contributed by atoms with Gasteiger partial charge in [0.25, 0.3) is 0 Å². The number of hydrogen-bond acceptors (Lipinski definition) is 4. The van der Waals surface area contributed by atoms with E-state index in [2.05, 4.69) is 16.8 Å². The Balaban J connectivity index is 3.05. The van der Waals surface area contributed by atoms with Crippen LogP contribution in [-0.2, 0) is 0 Å². The van der Waals surface area contributed by atoms with Crippen molar-refractivity contribution in [2.75, 3.05) is 20.8 Å². The van der Waals surface area contributed by atoms with E-state index in [1.165, 1.54) is 14.2 Å². The Morgan fingerprint density at radius 3 is 2.71 bits per heavy atom. The van der Waals surface area contributed by atoms with E-state index >= 15 is 0 Å². The number of rotatable bonds is 2. The molecule has 0 aliphatic heterocycles. The van der Waals surface area contributed by atoms with Crippen LogP contribution in [0.15, 0.2) is 12.1 Å². The molecule has 0 spiro atoms. The third kappa shape index (κ3) is 2.38. The number of aromatic nitrogens is 1. The normalized spacial score (nSPS) is 8.79. The molecule has 1 aromatic rings. The van der Waals surface area contributed by atoms with Gasteiger partial charge in [0, 0.05) is 6.07 Å². The minimum Gasteiger partial charge on any atom is -0.481 e. The summed E-state index contributed by atoms with van der Waals surface area (Å²) >= 11 is 0. The molecule has 4 heteroatoms. The Bertz CT molecular complexity index is 365. The molecule has 4 nitrogen and oxygen atoms in total. The second-order valence-corrected chi connectivity index (χ2v) is 2.37. The predicted octanol–water partition coefficient (Wildman–Crippen LogP) is 0.443. The molecule has 0 aliphatic rings. The molecule has 0 aliphatic carbocycles. The lowest BCUT2D eigenvalue weighted by molar-refractivity contribution is 0.350. The summed E-state index contributed by atoms with van der Waals surface area (Å²) < 4.78 is 9.94. The van der Waals surface area contributed by atoms with Crippen molar-refractivity contribution < 1.29 is 14.6 Å². The molecule has 74 valence electrons. The number of aliphatic hydroxyl groups is 1. The summed E-state index contributed by atoms with van der Waals surface area (Å²) in [6.45, 7) is -0.185. The SMILES string of the molecule is COc1ccc(C#CCO)c(OC)n1. The maximum atomic E-state index is 8.53. The average molecular weight is 193 g/mol. The quantitative estimate of drug-likeness (QED) is 0.692. The maximum absolute atomic E-state index is 8.53. The fraction of sp³-hybridized carbons (Fsp3) is 0.300. The number of aliphatic hydroxyl groups excluding tert-OH is 1. The lowest BCUT2D eigenvalue weighted by atomic mass is 10.2. The Morgan fingerprint density at radius 1 is 1.36 bits per heavy atom. The van der Waals surface area contributed by atoms with Crippen LogP contribution in [0.2, 0.25) is 0 Å². The summed E-state index contributed by atoms with van der Waals surface area (Å²) in [5.74, 6) is 6.11. The molecular formula is C10H11NO3. The van der Waals surface area contributed by atoms with E-state index in [0.29, 0.717) is 17.3 Å². The summed E-state index contributed by atoms with van der Waals surface area (Å²) in [6.07, 6.45) is 0. The smallest absolute Gasteiger partial charge is 0.232 e. The molecule has 0 atom stereocenters. The van der Waals surface area contributed by atoms with Gasteiger partial charge in [-0.1, -0.05) is 11.8 Å². The zero-order valence-electron chi connectivity index (χ0n) is 8.07. The molecule has 0 bridgehead atoms. The molecule has 14 heavy (non-hydrogen) atoms. The number of nitrogens with zero attached hydrogens (tertiary/aromatic N) is 1. The first-order valence-electron chi connectivity index (χ1n) is 4.00. The van der Waals surface area contributed by atoms with Crippen molar-refractivity contribution in [3.05, 3.63) is 17.7 Å². The van der Waals surface area contributed by atoms with Gasteiger partial charge in [0.15, 0.2) is 0 Å². The van der Waals surface area contributed by atoms with E-state index in [4.69, 9.17) is 14.6 Å². The highest BCUT2D eigenvalue weighted by molar-refractivity contribution is 5.43. The predicted molar refractivity (Wildman–Crippen MR) is 51.3 cm³/mol. The molecular weight excluding hydrogens is 182 g/mol. The Labute approximate surface area is 82.5 Å². The van der Waals surface area contributed by atoms with E-state index in [1.807, 2.05) is 0 Å². The van der Waals surface area contributed by atoms with E-state index in [9.17, 15) is 0 Å². The zero-order chi connectivity index (χ0) is 10.4. The Hall–Kier alpha value is -1.73. The van der Waals surface area contributed by atoms with E-state index in [0.717, 1.165) is 0 Å². The van der Waals surface area contributed by atoms with E-state index in [1.54, 1.807) is 12.1 Å². The highest BCUT2D eigenvalue weighted by Crippen LogP contribution is 2.18. The second kappa shape index (κ2) is 5.10. The molecule has 0 radical (unpaired) electrons. The van der Waals surface area contributed by atoms with Gasteiger partial charge in [-0.2, -0.15) is 4.98 Å². The van der Waals surface area contributed by atoms with Gasteiger partial charge in [0.1, 0.15) is 6.61 Å². The molecule has 0 unspecified atom stereocenters. The van der Waals surface area contributed by atoms with Crippen molar-refractivity contribution in [1.82, 2.24) is 4.98 Å². The number of methoxy groups -OCH3 is 2. The van der Waals surface area contributed by atoms with Crippen LogP contribution in [0.1, 0.15) is 5.56 Å². The van der Waals surface area contributed by atoms with Crippen LogP contribution in [0, 0.1) is 11.8 Å². The fourth-order valence-electron chi connectivity index (χ4n) is 0.923. The van der Waals surface area contributed by atoms with Crippen molar-refractivity contribution in [2.45, 2.75) is 0 Å². The van der Waals surface area contributed by atoms with Crippen LogP contribution in [0.3, 0.4) is 0 Å². The minimum absolute atomic E-state index is 0.185. The van der Waals surface area contributed by atoms with Crippen LogP contribution in [0.25, 0.3) is 0 Å². The summed E-state index contributed by atoms with van der Waals surface area (Å²) in [7, 11) is 3.03. The first-order chi connectivity index (χ1) is 6.81. The van der Waals surface area contributed by atoms with Gasteiger partial charge in [-0.15, -0.1) is 0 Å². The average Bonchev–Trinajstić information content (AvgIpc) is 2.26. The highest BCUT2D eigenvalue weighted by Gasteiger charge is 2.03. The third-order valence-electron chi connectivity index (χ3n) is 1.54. The topological polar surface area (TPSA) is 51.6 Å². The van der Waals surface area contributed by atoms with Gasteiger partial charge in [-0.3, -0.25) is 0 Å². The lowest BCUT2D eigenvalue weighted by Crippen LogP contribution is -1.94. The van der Waals surface area contributed by atoms with Gasteiger partial charge in [0.2, 0.25) is 11.8 Å². The van der Waals surface area contributed by atoms with E-state index in [-0.39, 0.29) is 6.61 Å². The molecule has 1 N–H and O–H groups in total. The standard InChI is InChI=1S/C10H11NO3/c1-13-9-6-5-8(4-3-7-12)10(11-9)14-2/h5-6,12H,7H2,1-2H3. The van der Waals surface area contributed by atoms with Crippen molar-refractivity contribution in [3.8, 4) is 23.6 Å². The number of hydrogen-bond donors (Lipinski definition) is 1. The lowest BCUT2D eigenvalue weighted by Gasteiger charge is -2.03. The summed E-state index contributed by atoms with van der Waals surface area (Å²) in [5, 5.41) is 8.53. The zero-order valence-corrected chi connectivity index (χ0v) is 8.07. The van der Waals surface area contributed by atoms with Gasteiger partial charge < -0.3 is 14.6 Å². The molecule has 0 saturated heterocycles. The van der Waals surface area contributed by atoms with Crippen LogP contribution in [0.4, 0.5) is 0 Å². The van der Waals surface area contributed by atoms with Crippen LogP contribution in [-0.4, -0.2) is 30.9 Å². The number of ether oxygens (including phenoxy) is 2. The first kappa shape index (κ1) is 10.4. The van der Waals surface area contributed by atoms with E-state index < -0.39 is 0 Å². The van der Waals surface area contributed by atoms with Gasteiger partial charge >= 0.3 is 0 Å². The minimum atomic E-state index is -0.185. The second-order valence-electron chi connectivity index (χ2n) is 2.37. The molecule has 0 saturated carbocycles. The maximum Gasteiger partial charge on any atom is 0.232 e. The first-order valence-corrected chi connectivity index (χ1v) is 4.00. The van der Waals surface area contributed by atoms with Crippen molar-refractivity contribution in [1.29, 1.82) is 0 Å². The van der Waals surface area contributed by atoms with Crippen molar-refractivity contribution >= 4 is 0 Å². The third-order valence-corrected chi connectivity index (χ3v) is 1.54. The van der Waals surface area contributed by atoms with Crippen LogP contribution < -0.4 is 9.47 Å². The van der Waals surface area contributed by atoms with Gasteiger partial charge in [-0.25, -0.2) is 0 Å². The van der Waals surface area contributed by atoms with Crippen LogP contribution >= 0.6 is 0 Å². The molecule has 0 amide bonds. The van der Waals surface area contributed by atoms with Crippen molar-refractivity contribution in [3.63, 3.8) is 0 Å². The molecule has 1 aromatic heterocycles. The van der Waals surface area contributed by atoms with Gasteiger partial charge in [0.05, 0.1) is 19.8 Å². The Morgan fingerprint density at radius 2 is 2.14 bits per heavy atom. The summed E-state index contributed by atoms with van der Waals surface area (Å²) in [6, 6.07) is 3.41. The fourth-order valence-corrected chi connectivity index (χ4v) is 0.923. The molecule has 1 heterocycles. The summed E-state index contributed by atoms with van der Waals surface area (Å²) in [4.78, 5) is 4.03. The number of pyridine rings is 1.